The van der Waals surface area contributed by atoms with Gasteiger partial charge in [0.1, 0.15) is 0 Å². The average Bonchev–Trinajstić information content (AvgIpc) is 2.75. The molecule has 1 fully saturated rings. The van der Waals surface area contributed by atoms with Gasteiger partial charge in [-0.2, -0.15) is 0 Å². The minimum atomic E-state index is -0.00673. The van der Waals surface area contributed by atoms with Gasteiger partial charge in [-0.3, -0.25) is 9.69 Å². The first-order chi connectivity index (χ1) is 13.7. The lowest BCUT2D eigenvalue weighted by atomic mass is 9.93. The molecule has 0 saturated carbocycles. The highest BCUT2D eigenvalue weighted by Gasteiger charge is 2.31. The number of rotatable bonds is 5. The van der Waals surface area contributed by atoms with E-state index in [9.17, 15) is 4.79 Å². The van der Waals surface area contributed by atoms with E-state index in [-0.39, 0.29) is 5.91 Å². The van der Waals surface area contributed by atoms with Crippen LogP contribution in [0.4, 0.5) is 5.69 Å². The van der Waals surface area contributed by atoms with E-state index in [0.717, 1.165) is 19.5 Å². The highest BCUT2D eigenvalue weighted by molar-refractivity contribution is 5.94. The topological polar surface area (TPSA) is 35.6 Å². The molecular formula is C24H29N3O. The van der Waals surface area contributed by atoms with Crippen LogP contribution in [-0.4, -0.2) is 43.5 Å². The summed E-state index contributed by atoms with van der Waals surface area (Å²) >= 11 is 0. The smallest absolute Gasteiger partial charge is 0.251 e. The largest absolute Gasteiger partial charge is 0.352 e. The van der Waals surface area contributed by atoms with Crippen LogP contribution in [0.25, 0.3) is 0 Å². The Kier molecular flexibility index (Phi) is 5.77. The third-order valence-electron chi connectivity index (χ3n) is 5.89. The molecule has 0 radical (unpaired) electrons. The van der Waals surface area contributed by atoms with Gasteiger partial charge in [0.05, 0.1) is 0 Å². The third kappa shape index (κ3) is 3.97. The van der Waals surface area contributed by atoms with Crippen LogP contribution in [0.2, 0.25) is 0 Å². The second-order valence-electron chi connectivity index (χ2n) is 7.71. The van der Waals surface area contributed by atoms with Crippen molar-refractivity contribution in [2.45, 2.75) is 31.7 Å². The molecule has 28 heavy (non-hydrogen) atoms. The number of piperazine rings is 1. The molecule has 1 saturated heterocycles. The molecule has 4 heteroatoms. The van der Waals surface area contributed by atoms with Gasteiger partial charge in [0.15, 0.2) is 0 Å². The number of carbonyl (C=O) groups is 1. The van der Waals surface area contributed by atoms with Gasteiger partial charge in [-0.05, 0) is 56.5 Å². The maximum atomic E-state index is 12.3. The molecule has 2 aromatic carbocycles. The molecule has 1 aliphatic heterocycles. The predicted octanol–water partition coefficient (Wildman–Crippen LogP) is 3.85. The van der Waals surface area contributed by atoms with Crippen LogP contribution in [0.1, 0.15) is 35.2 Å². The Morgan fingerprint density at radius 1 is 1.07 bits per heavy atom. The maximum Gasteiger partial charge on any atom is 0.251 e. The van der Waals surface area contributed by atoms with Gasteiger partial charge in [0, 0.05) is 42.6 Å². The second kappa shape index (κ2) is 8.61. The Hall–Kier alpha value is -2.59. The van der Waals surface area contributed by atoms with Crippen LogP contribution in [0, 0.1) is 0 Å². The summed E-state index contributed by atoms with van der Waals surface area (Å²) in [7, 11) is 2.24. The van der Waals surface area contributed by atoms with E-state index in [1.54, 1.807) is 0 Å². The fourth-order valence-corrected chi connectivity index (χ4v) is 4.37. The highest BCUT2D eigenvalue weighted by Crippen LogP contribution is 2.34. The van der Waals surface area contributed by atoms with Crippen molar-refractivity contribution < 1.29 is 4.79 Å². The summed E-state index contributed by atoms with van der Waals surface area (Å²) in [5, 5.41) is 3.06. The van der Waals surface area contributed by atoms with Crippen molar-refractivity contribution in [1.82, 2.24) is 10.2 Å². The van der Waals surface area contributed by atoms with Gasteiger partial charge in [0.2, 0.25) is 0 Å². The molecule has 2 aromatic rings. The van der Waals surface area contributed by atoms with Gasteiger partial charge in [-0.15, -0.1) is 0 Å². The van der Waals surface area contributed by atoms with Crippen molar-refractivity contribution >= 4 is 11.6 Å². The number of nitrogens with zero attached hydrogens (tertiary/aromatic N) is 2. The van der Waals surface area contributed by atoms with E-state index in [1.807, 2.05) is 30.3 Å². The van der Waals surface area contributed by atoms with E-state index >= 15 is 0 Å². The number of hydrogen-bond donors (Lipinski definition) is 1. The summed E-state index contributed by atoms with van der Waals surface area (Å²) in [4.78, 5) is 17.3. The van der Waals surface area contributed by atoms with Crippen molar-refractivity contribution in [3.63, 3.8) is 0 Å². The van der Waals surface area contributed by atoms with Gasteiger partial charge >= 0.3 is 0 Å². The first kappa shape index (κ1) is 18.8. The molecule has 4 nitrogen and oxygen atoms in total. The first-order valence-electron chi connectivity index (χ1n) is 10.3. The predicted molar refractivity (Wildman–Crippen MR) is 115 cm³/mol. The SMILES string of the molecule is CN1CCN(c2ccccc2CCNC(=O)c2ccccc2)C2=CCCCC21. The molecular weight excluding hydrogens is 346 g/mol. The number of amides is 1. The minimum Gasteiger partial charge on any atom is -0.352 e. The summed E-state index contributed by atoms with van der Waals surface area (Å²) in [5.74, 6) is -0.00673. The third-order valence-corrected chi connectivity index (χ3v) is 5.89. The Balaban J connectivity index is 1.47. The quantitative estimate of drug-likeness (QED) is 0.862. The number of para-hydroxylation sites is 1. The van der Waals surface area contributed by atoms with E-state index in [4.69, 9.17) is 0 Å². The molecule has 4 rings (SSSR count). The van der Waals surface area contributed by atoms with Crippen molar-refractivity contribution in [1.29, 1.82) is 0 Å². The molecule has 0 bridgehead atoms. The maximum absolute atomic E-state index is 12.3. The average molecular weight is 376 g/mol. The van der Waals surface area contributed by atoms with Crippen LogP contribution in [0.5, 0.6) is 0 Å². The summed E-state index contributed by atoms with van der Waals surface area (Å²) in [6.45, 7) is 2.74. The zero-order valence-corrected chi connectivity index (χ0v) is 16.6. The Morgan fingerprint density at radius 3 is 2.71 bits per heavy atom. The number of fused-ring (bicyclic) bond motifs is 1. The standard InChI is InChI=1S/C24H29N3O/c1-26-17-18-27(23-14-8-7-13-22(23)26)21-12-6-5-9-19(21)15-16-25-24(28)20-10-3-2-4-11-20/h2-6,9-12,14,22H,7-8,13,15-18H2,1H3,(H,25,28). The molecule has 1 heterocycles. The molecule has 0 spiro atoms. The van der Waals surface area contributed by atoms with Gasteiger partial charge in [0.25, 0.3) is 5.91 Å². The molecule has 1 N–H and O–H groups in total. The minimum absolute atomic E-state index is 0.00673. The Bertz CT molecular complexity index is 846. The fourth-order valence-electron chi connectivity index (χ4n) is 4.37. The summed E-state index contributed by atoms with van der Waals surface area (Å²) in [5.41, 5.74) is 4.76. The summed E-state index contributed by atoms with van der Waals surface area (Å²) in [6, 6.07) is 18.6. The van der Waals surface area contributed by atoms with Crippen LogP contribution in [0.15, 0.2) is 66.4 Å². The molecule has 0 aromatic heterocycles. The molecule has 1 unspecified atom stereocenters. The summed E-state index contributed by atoms with van der Waals surface area (Å²) < 4.78 is 0. The van der Waals surface area contributed by atoms with Crippen LogP contribution in [0.3, 0.4) is 0 Å². The van der Waals surface area contributed by atoms with Gasteiger partial charge < -0.3 is 10.2 Å². The summed E-state index contributed by atoms with van der Waals surface area (Å²) in [6.07, 6.45) is 6.95. The number of carbonyl (C=O) groups excluding carboxylic acids is 1. The Morgan fingerprint density at radius 2 is 1.86 bits per heavy atom. The number of benzene rings is 2. The number of hydrogen-bond acceptors (Lipinski definition) is 3. The number of likely N-dealkylation sites (N-methyl/N-ethyl adjacent to an activating group) is 1. The van der Waals surface area contributed by atoms with Gasteiger partial charge in [-0.25, -0.2) is 0 Å². The molecule has 1 amide bonds. The lowest BCUT2D eigenvalue weighted by Gasteiger charge is -2.45. The lowest BCUT2D eigenvalue weighted by Crippen LogP contribution is -2.50. The van der Waals surface area contributed by atoms with Crippen LogP contribution >= 0.6 is 0 Å². The van der Waals surface area contributed by atoms with E-state index in [2.05, 4.69) is 52.5 Å². The molecule has 1 atom stereocenters. The highest BCUT2D eigenvalue weighted by atomic mass is 16.1. The van der Waals surface area contributed by atoms with E-state index in [1.165, 1.54) is 36.2 Å². The van der Waals surface area contributed by atoms with Crippen molar-refractivity contribution in [2.24, 2.45) is 0 Å². The monoisotopic (exact) mass is 375 g/mol. The van der Waals surface area contributed by atoms with Crippen LogP contribution in [-0.2, 0) is 6.42 Å². The van der Waals surface area contributed by atoms with Crippen molar-refractivity contribution in [2.75, 3.05) is 31.6 Å². The first-order valence-corrected chi connectivity index (χ1v) is 10.3. The number of allylic oxidation sites excluding steroid dienone is 1. The zero-order chi connectivity index (χ0) is 19.3. The van der Waals surface area contributed by atoms with Crippen LogP contribution < -0.4 is 10.2 Å². The second-order valence-corrected chi connectivity index (χ2v) is 7.71. The molecule has 2 aliphatic rings. The zero-order valence-electron chi connectivity index (χ0n) is 16.6. The Labute approximate surface area is 167 Å². The molecule has 1 aliphatic carbocycles. The van der Waals surface area contributed by atoms with Gasteiger partial charge in [-0.1, -0.05) is 42.5 Å². The van der Waals surface area contributed by atoms with Crippen molar-refractivity contribution in [3.05, 3.63) is 77.5 Å². The van der Waals surface area contributed by atoms with E-state index < -0.39 is 0 Å². The van der Waals surface area contributed by atoms with Crippen molar-refractivity contribution in [3.8, 4) is 0 Å². The molecule has 146 valence electrons. The normalized spacial score (nSPS) is 19.7. The number of anilines is 1. The fraction of sp³-hybridized carbons (Fsp3) is 0.375. The number of nitrogens with one attached hydrogen (secondary N) is 1. The van der Waals surface area contributed by atoms with E-state index in [0.29, 0.717) is 18.2 Å². The lowest BCUT2D eigenvalue weighted by molar-refractivity contribution is 0.0954.